The zero-order valence-corrected chi connectivity index (χ0v) is 16.9. The Hall–Kier alpha value is -3.44. The SMILES string of the molecule is FC(F)(F)c1ccccc1N=Cc1cccc(/C=C/c2ccc3ccc(Cl)cc3n2)c1. The van der Waals surface area contributed by atoms with Gasteiger partial charge in [-0.15, -0.1) is 0 Å². The molecule has 4 aromatic rings. The van der Waals surface area contributed by atoms with Gasteiger partial charge < -0.3 is 0 Å². The van der Waals surface area contributed by atoms with E-state index in [1.54, 1.807) is 6.07 Å². The molecule has 0 radical (unpaired) electrons. The number of hydrogen-bond acceptors (Lipinski definition) is 2. The summed E-state index contributed by atoms with van der Waals surface area (Å²) in [5, 5.41) is 1.62. The van der Waals surface area contributed by atoms with Crippen molar-refractivity contribution < 1.29 is 13.2 Å². The predicted octanol–water partition coefficient (Wildman–Crippen LogP) is 7.83. The maximum Gasteiger partial charge on any atom is 0.418 e. The summed E-state index contributed by atoms with van der Waals surface area (Å²) < 4.78 is 39.4. The van der Waals surface area contributed by atoms with Crippen molar-refractivity contribution >= 4 is 46.6 Å². The highest BCUT2D eigenvalue weighted by atomic mass is 35.5. The third-order valence-corrected chi connectivity index (χ3v) is 4.83. The van der Waals surface area contributed by atoms with Gasteiger partial charge in [0, 0.05) is 16.6 Å². The molecule has 0 saturated heterocycles. The van der Waals surface area contributed by atoms with Crippen LogP contribution in [-0.2, 0) is 6.18 Å². The van der Waals surface area contributed by atoms with E-state index in [0.29, 0.717) is 10.6 Å². The number of pyridine rings is 1. The van der Waals surface area contributed by atoms with Gasteiger partial charge in [-0.3, -0.25) is 4.99 Å². The largest absolute Gasteiger partial charge is 0.418 e. The molecule has 0 fully saturated rings. The van der Waals surface area contributed by atoms with Gasteiger partial charge in [0.05, 0.1) is 22.5 Å². The normalized spacial score (nSPS) is 12.3. The van der Waals surface area contributed by atoms with Gasteiger partial charge in [0.15, 0.2) is 0 Å². The smallest absolute Gasteiger partial charge is 0.256 e. The summed E-state index contributed by atoms with van der Waals surface area (Å²) in [5.41, 5.74) is 2.27. The van der Waals surface area contributed by atoms with Crippen LogP contribution in [0.15, 0.2) is 83.9 Å². The molecule has 1 heterocycles. The summed E-state index contributed by atoms with van der Waals surface area (Å²) in [7, 11) is 0. The number of para-hydroxylation sites is 1. The van der Waals surface area contributed by atoms with E-state index in [4.69, 9.17) is 11.6 Å². The Bertz CT molecular complexity index is 1290. The van der Waals surface area contributed by atoms with E-state index in [1.807, 2.05) is 60.7 Å². The third kappa shape index (κ3) is 5.19. The molecule has 0 N–H and O–H groups in total. The lowest BCUT2D eigenvalue weighted by molar-refractivity contribution is -0.137. The van der Waals surface area contributed by atoms with Gasteiger partial charge in [0.2, 0.25) is 0 Å². The van der Waals surface area contributed by atoms with Crippen LogP contribution in [0.4, 0.5) is 18.9 Å². The Labute approximate surface area is 182 Å². The van der Waals surface area contributed by atoms with Gasteiger partial charge >= 0.3 is 6.18 Å². The van der Waals surface area contributed by atoms with Crippen molar-refractivity contribution in [1.82, 2.24) is 4.98 Å². The quantitative estimate of drug-likeness (QED) is 0.299. The van der Waals surface area contributed by atoms with Crippen LogP contribution >= 0.6 is 11.6 Å². The summed E-state index contributed by atoms with van der Waals surface area (Å²) >= 11 is 6.04. The molecule has 0 atom stereocenters. The fourth-order valence-corrected chi connectivity index (χ4v) is 3.26. The molecule has 4 rings (SSSR count). The molecule has 154 valence electrons. The van der Waals surface area contributed by atoms with Crippen molar-refractivity contribution in [2.75, 3.05) is 0 Å². The van der Waals surface area contributed by atoms with Crippen LogP contribution < -0.4 is 0 Å². The van der Waals surface area contributed by atoms with Crippen molar-refractivity contribution in [2.24, 2.45) is 4.99 Å². The van der Waals surface area contributed by atoms with Gasteiger partial charge in [0.1, 0.15) is 0 Å². The van der Waals surface area contributed by atoms with E-state index in [0.717, 1.165) is 28.2 Å². The molecule has 0 bridgehead atoms. The molecular weight excluding hydrogens is 421 g/mol. The molecule has 0 spiro atoms. The molecule has 0 aliphatic rings. The molecule has 1 aromatic heterocycles. The van der Waals surface area contributed by atoms with Crippen molar-refractivity contribution in [3.8, 4) is 0 Å². The van der Waals surface area contributed by atoms with Gasteiger partial charge in [-0.2, -0.15) is 13.2 Å². The van der Waals surface area contributed by atoms with Crippen molar-refractivity contribution in [3.63, 3.8) is 0 Å². The van der Waals surface area contributed by atoms with Crippen LogP contribution in [0.3, 0.4) is 0 Å². The van der Waals surface area contributed by atoms with Crippen LogP contribution in [0.1, 0.15) is 22.4 Å². The van der Waals surface area contributed by atoms with Crippen molar-refractivity contribution in [3.05, 3.63) is 106 Å². The molecule has 0 aliphatic heterocycles. The minimum Gasteiger partial charge on any atom is -0.256 e. The fourth-order valence-electron chi connectivity index (χ4n) is 3.09. The Kier molecular flexibility index (Phi) is 5.87. The summed E-state index contributed by atoms with van der Waals surface area (Å²) in [5.74, 6) is 0. The summed E-state index contributed by atoms with van der Waals surface area (Å²) in [4.78, 5) is 8.63. The summed E-state index contributed by atoms with van der Waals surface area (Å²) in [6, 6.07) is 22.0. The van der Waals surface area contributed by atoms with E-state index in [2.05, 4.69) is 9.98 Å². The molecule has 0 amide bonds. The first-order valence-electron chi connectivity index (χ1n) is 9.43. The van der Waals surface area contributed by atoms with Gasteiger partial charge in [-0.1, -0.05) is 60.1 Å². The van der Waals surface area contributed by atoms with E-state index in [-0.39, 0.29) is 5.69 Å². The van der Waals surface area contributed by atoms with Crippen LogP contribution in [0.25, 0.3) is 23.1 Å². The number of fused-ring (bicyclic) bond motifs is 1. The summed E-state index contributed by atoms with van der Waals surface area (Å²) in [6.07, 6.45) is 0.739. The highest BCUT2D eigenvalue weighted by molar-refractivity contribution is 6.31. The maximum absolute atomic E-state index is 13.1. The number of rotatable bonds is 4. The van der Waals surface area contributed by atoms with Crippen molar-refractivity contribution in [1.29, 1.82) is 0 Å². The number of hydrogen-bond donors (Lipinski definition) is 0. The minimum atomic E-state index is -4.45. The maximum atomic E-state index is 13.1. The average Bonchev–Trinajstić information content (AvgIpc) is 2.76. The highest BCUT2D eigenvalue weighted by Crippen LogP contribution is 2.35. The van der Waals surface area contributed by atoms with E-state index < -0.39 is 11.7 Å². The lowest BCUT2D eigenvalue weighted by Gasteiger charge is -2.08. The van der Waals surface area contributed by atoms with E-state index >= 15 is 0 Å². The number of aliphatic imine (C=N–C) groups is 1. The second kappa shape index (κ2) is 8.74. The molecule has 0 saturated carbocycles. The van der Waals surface area contributed by atoms with Crippen molar-refractivity contribution in [2.45, 2.75) is 6.18 Å². The van der Waals surface area contributed by atoms with Crippen LogP contribution in [0, 0.1) is 0 Å². The molecule has 2 nitrogen and oxygen atoms in total. The van der Waals surface area contributed by atoms with Crippen LogP contribution in [0.2, 0.25) is 5.02 Å². The summed E-state index contributed by atoms with van der Waals surface area (Å²) in [6.45, 7) is 0. The standard InChI is InChI=1S/C25H16ClF3N2/c26-20-11-9-19-10-13-21(31-24(19)15-20)12-8-17-4-3-5-18(14-17)16-30-23-7-2-1-6-22(23)25(27,28)29/h1-16H/b12-8+,30-16?. The first kappa shape index (κ1) is 20.8. The fraction of sp³-hybridized carbons (Fsp3) is 0.0400. The van der Waals surface area contributed by atoms with Gasteiger partial charge in [-0.25, -0.2) is 4.98 Å². The third-order valence-electron chi connectivity index (χ3n) is 4.60. The number of nitrogens with zero attached hydrogens (tertiary/aromatic N) is 2. The van der Waals surface area contributed by atoms with Gasteiger partial charge in [0.25, 0.3) is 0 Å². The average molecular weight is 437 g/mol. The first-order chi connectivity index (χ1) is 14.9. The molecule has 6 heteroatoms. The predicted molar refractivity (Wildman–Crippen MR) is 121 cm³/mol. The van der Waals surface area contributed by atoms with Crippen LogP contribution in [0.5, 0.6) is 0 Å². The lowest BCUT2D eigenvalue weighted by Crippen LogP contribution is -2.04. The molecule has 0 unspecified atom stereocenters. The molecule has 31 heavy (non-hydrogen) atoms. The first-order valence-corrected chi connectivity index (χ1v) is 9.81. The van der Waals surface area contributed by atoms with E-state index in [9.17, 15) is 13.2 Å². The number of benzene rings is 3. The number of aromatic nitrogens is 1. The number of alkyl halides is 3. The Morgan fingerprint density at radius 2 is 1.58 bits per heavy atom. The topological polar surface area (TPSA) is 25.2 Å². The Balaban J connectivity index is 1.56. The minimum absolute atomic E-state index is 0.116. The zero-order chi connectivity index (χ0) is 21.8. The molecule has 3 aromatic carbocycles. The van der Waals surface area contributed by atoms with Gasteiger partial charge in [-0.05, 0) is 53.6 Å². The number of halogens is 4. The van der Waals surface area contributed by atoms with Crippen LogP contribution in [-0.4, -0.2) is 11.2 Å². The second-order valence-corrected chi connectivity index (χ2v) is 7.29. The van der Waals surface area contributed by atoms with E-state index in [1.165, 1.54) is 24.4 Å². The monoisotopic (exact) mass is 436 g/mol. The second-order valence-electron chi connectivity index (χ2n) is 6.85. The highest BCUT2D eigenvalue weighted by Gasteiger charge is 2.32. The lowest BCUT2D eigenvalue weighted by atomic mass is 10.1. The molecular formula is C25H16ClF3N2. The Morgan fingerprint density at radius 1 is 0.806 bits per heavy atom. The zero-order valence-electron chi connectivity index (χ0n) is 16.1. The molecule has 0 aliphatic carbocycles. The Morgan fingerprint density at radius 3 is 2.42 bits per heavy atom.